The van der Waals surface area contributed by atoms with E-state index in [1.165, 1.54) is 18.3 Å². The molecule has 2 N–H and O–H groups in total. The van der Waals surface area contributed by atoms with Crippen LogP contribution in [-0.2, 0) is 4.79 Å². The largest absolute Gasteiger partial charge is 0.352 e. The van der Waals surface area contributed by atoms with E-state index in [9.17, 15) is 14.4 Å². The monoisotopic (exact) mass is 365 g/mol. The molecule has 0 atom stereocenters. The molecular formula is C16H16ClN3O3S. The van der Waals surface area contributed by atoms with Crippen molar-refractivity contribution in [2.45, 2.75) is 19.8 Å². The quantitative estimate of drug-likeness (QED) is 0.582. The SMILES string of the molecule is CC(=O)c1csc(NC(=O)CCCNC(=O)c2ccc(Cl)cc2)n1. The van der Waals surface area contributed by atoms with Crippen molar-refractivity contribution in [3.05, 3.63) is 45.9 Å². The summed E-state index contributed by atoms with van der Waals surface area (Å²) in [5, 5.41) is 7.94. The fourth-order valence-electron chi connectivity index (χ4n) is 1.83. The third-order valence-corrected chi connectivity index (χ3v) is 4.09. The Labute approximate surface area is 148 Å². The zero-order chi connectivity index (χ0) is 17.5. The van der Waals surface area contributed by atoms with Crippen LogP contribution in [0.5, 0.6) is 0 Å². The van der Waals surface area contributed by atoms with E-state index in [2.05, 4.69) is 15.6 Å². The molecule has 0 saturated heterocycles. The first-order valence-corrected chi connectivity index (χ1v) is 8.51. The predicted molar refractivity (Wildman–Crippen MR) is 93.8 cm³/mol. The van der Waals surface area contributed by atoms with Gasteiger partial charge in [0.05, 0.1) is 0 Å². The third-order valence-electron chi connectivity index (χ3n) is 3.08. The molecule has 2 rings (SSSR count). The molecule has 0 unspecified atom stereocenters. The van der Waals surface area contributed by atoms with Gasteiger partial charge in [-0.2, -0.15) is 0 Å². The van der Waals surface area contributed by atoms with Gasteiger partial charge in [-0.1, -0.05) is 11.6 Å². The fourth-order valence-corrected chi connectivity index (χ4v) is 2.72. The lowest BCUT2D eigenvalue weighted by Gasteiger charge is -2.05. The van der Waals surface area contributed by atoms with Gasteiger partial charge in [0.15, 0.2) is 10.9 Å². The van der Waals surface area contributed by atoms with E-state index in [1.807, 2.05) is 0 Å². The van der Waals surface area contributed by atoms with Crippen LogP contribution in [0.4, 0.5) is 5.13 Å². The fraction of sp³-hybridized carbons (Fsp3) is 0.250. The van der Waals surface area contributed by atoms with E-state index in [4.69, 9.17) is 11.6 Å². The topological polar surface area (TPSA) is 88.2 Å². The van der Waals surface area contributed by atoms with Crippen LogP contribution in [0, 0.1) is 0 Å². The molecule has 1 aromatic carbocycles. The number of nitrogens with one attached hydrogen (secondary N) is 2. The number of carbonyl (C=O) groups is 3. The Morgan fingerprint density at radius 2 is 1.92 bits per heavy atom. The highest BCUT2D eigenvalue weighted by molar-refractivity contribution is 7.14. The number of carbonyl (C=O) groups excluding carboxylic acids is 3. The van der Waals surface area contributed by atoms with Crippen LogP contribution in [-0.4, -0.2) is 29.1 Å². The summed E-state index contributed by atoms with van der Waals surface area (Å²) in [6, 6.07) is 6.57. The predicted octanol–water partition coefficient (Wildman–Crippen LogP) is 3.15. The van der Waals surface area contributed by atoms with Crippen molar-refractivity contribution < 1.29 is 14.4 Å². The zero-order valence-corrected chi connectivity index (χ0v) is 14.5. The second kappa shape index (κ2) is 8.56. The van der Waals surface area contributed by atoms with Gasteiger partial charge < -0.3 is 10.6 Å². The average molecular weight is 366 g/mol. The summed E-state index contributed by atoms with van der Waals surface area (Å²) in [5.74, 6) is -0.560. The van der Waals surface area contributed by atoms with Gasteiger partial charge in [-0.15, -0.1) is 11.3 Å². The Bertz CT molecular complexity index is 743. The van der Waals surface area contributed by atoms with Crippen molar-refractivity contribution in [1.82, 2.24) is 10.3 Å². The Balaban J connectivity index is 1.69. The molecule has 0 aliphatic carbocycles. The van der Waals surface area contributed by atoms with Crippen LogP contribution in [0.1, 0.15) is 40.6 Å². The summed E-state index contributed by atoms with van der Waals surface area (Å²) in [6.45, 7) is 1.80. The van der Waals surface area contributed by atoms with Gasteiger partial charge >= 0.3 is 0 Å². The number of amides is 2. The first kappa shape index (κ1) is 18.1. The van der Waals surface area contributed by atoms with E-state index >= 15 is 0 Å². The molecule has 1 heterocycles. The zero-order valence-electron chi connectivity index (χ0n) is 13.0. The van der Waals surface area contributed by atoms with Crippen molar-refractivity contribution in [3.63, 3.8) is 0 Å². The van der Waals surface area contributed by atoms with Crippen molar-refractivity contribution in [2.24, 2.45) is 0 Å². The Morgan fingerprint density at radius 1 is 1.21 bits per heavy atom. The molecule has 0 aliphatic heterocycles. The molecule has 2 aromatic rings. The van der Waals surface area contributed by atoms with Crippen molar-refractivity contribution in [2.75, 3.05) is 11.9 Å². The second-order valence-corrected chi connectivity index (χ2v) is 6.30. The Kier molecular flexibility index (Phi) is 6.45. The molecule has 0 fully saturated rings. The van der Waals surface area contributed by atoms with Crippen LogP contribution in [0.3, 0.4) is 0 Å². The first-order valence-electron chi connectivity index (χ1n) is 7.26. The molecule has 0 bridgehead atoms. The standard InChI is InChI=1S/C16H16ClN3O3S/c1-10(21)13-9-24-16(19-13)20-14(22)3-2-8-18-15(23)11-4-6-12(17)7-5-11/h4-7,9H,2-3,8H2,1H3,(H,18,23)(H,19,20,22). The number of Topliss-reactive ketones (excluding diaryl/α,β-unsaturated/α-hetero) is 1. The third kappa shape index (κ3) is 5.43. The van der Waals surface area contributed by atoms with E-state index in [0.29, 0.717) is 34.4 Å². The summed E-state index contributed by atoms with van der Waals surface area (Å²) in [4.78, 5) is 38.8. The minimum absolute atomic E-state index is 0.142. The lowest BCUT2D eigenvalue weighted by Crippen LogP contribution is -2.25. The minimum Gasteiger partial charge on any atom is -0.352 e. The van der Waals surface area contributed by atoms with Gasteiger partial charge in [0.25, 0.3) is 5.91 Å². The Morgan fingerprint density at radius 3 is 2.54 bits per heavy atom. The number of hydrogen-bond acceptors (Lipinski definition) is 5. The van der Waals surface area contributed by atoms with Crippen LogP contribution >= 0.6 is 22.9 Å². The molecule has 24 heavy (non-hydrogen) atoms. The van der Waals surface area contributed by atoms with Crippen molar-refractivity contribution >= 4 is 45.7 Å². The molecule has 1 aromatic heterocycles. The van der Waals surface area contributed by atoms with Crippen LogP contribution < -0.4 is 10.6 Å². The number of halogens is 1. The molecule has 0 spiro atoms. The maximum Gasteiger partial charge on any atom is 0.251 e. The van der Waals surface area contributed by atoms with E-state index in [1.54, 1.807) is 29.6 Å². The summed E-state index contributed by atoms with van der Waals surface area (Å²) >= 11 is 6.97. The van der Waals surface area contributed by atoms with Gasteiger partial charge in [-0.3, -0.25) is 14.4 Å². The molecule has 0 saturated carbocycles. The maximum atomic E-state index is 11.9. The van der Waals surface area contributed by atoms with E-state index < -0.39 is 0 Å². The average Bonchev–Trinajstić information content (AvgIpc) is 3.00. The molecule has 8 heteroatoms. The van der Waals surface area contributed by atoms with Crippen molar-refractivity contribution in [3.8, 4) is 0 Å². The van der Waals surface area contributed by atoms with E-state index in [0.717, 1.165) is 0 Å². The normalized spacial score (nSPS) is 10.2. The molecule has 6 nitrogen and oxygen atoms in total. The second-order valence-electron chi connectivity index (χ2n) is 5.01. The number of anilines is 1. The van der Waals surface area contributed by atoms with Crippen LogP contribution in [0.15, 0.2) is 29.6 Å². The van der Waals surface area contributed by atoms with Gasteiger partial charge in [-0.05, 0) is 30.7 Å². The number of hydrogen-bond donors (Lipinski definition) is 2. The maximum absolute atomic E-state index is 11.9. The smallest absolute Gasteiger partial charge is 0.251 e. The first-order chi connectivity index (χ1) is 11.5. The van der Waals surface area contributed by atoms with Crippen LogP contribution in [0.25, 0.3) is 0 Å². The van der Waals surface area contributed by atoms with Gasteiger partial charge in [0.2, 0.25) is 5.91 Å². The van der Waals surface area contributed by atoms with Gasteiger partial charge in [0.1, 0.15) is 5.69 Å². The minimum atomic E-state index is -0.210. The number of nitrogens with zero attached hydrogens (tertiary/aromatic N) is 1. The van der Waals surface area contributed by atoms with Crippen LogP contribution in [0.2, 0.25) is 5.02 Å². The highest BCUT2D eigenvalue weighted by Gasteiger charge is 2.09. The number of aromatic nitrogens is 1. The molecule has 126 valence electrons. The molecule has 2 amide bonds. The highest BCUT2D eigenvalue weighted by atomic mass is 35.5. The summed E-state index contributed by atoms with van der Waals surface area (Å²) in [5.41, 5.74) is 0.855. The van der Waals surface area contributed by atoms with E-state index in [-0.39, 0.29) is 24.0 Å². The number of ketones is 1. The summed E-state index contributed by atoms with van der Waals surface area (Å²) in [7, 11) is 0. The number of thiazole rings is 1. The number of rotatable bonds is 7. The van der Waals surface area contributed by atoms with Crippen molar-refractivity contribution in [1.29, 1.82) is 0 Å². The lowest BCUT2D eigenvalue weighted by molar-refractivity contribution is -0.116. The summed E-state index contributed by atoms with van der Waals surface area (Å²) < 4.78 is 0. The molecular weight excluding hydrogens is 350 g/mol. The lowest BCUT2D eigenvalue weighted by atomic mass is 10.2. The van der Waals surface area contributed by atoms with Gasteiger partial charge in [-0.25, -0.2) is 4.98 Å². The molecule has 0 radical (unpaired) electrons. The number of benzene rings is 1. The highest BCUT2D eigenvalue weighted by Crippen LogP contribution is 2.16. The molecule has 0 aliphatic rings. The summed E-state index contributed by atoms with van der Waals surface area (Å²) in [6.07, 6.45) is 0.742. The Hall–Kier alpha value is -2.25. The van der Waals surface area contributed by atoms with Gasteiger partial charge in [0, 0.05) is 35.9 Å².